The molecule has 0 fully saturated rings. The largest absolute Gasteiger partial charge is 0.494 e. The zero-order valence-electron chi connectivity index (χ0n) is 17.5. The number of amides is 1. The van der Waals surface area contributed by atoms with Gasteiger partial charge in [-0.2, -0.15) is 0 Å². The molecule has 1 amide bonds. The lowest BCUT2D eigenvalue weighted by Gasteiger charge is -2.12. The lowest BCUT2D eigenvalue weighted by molar-refractivity contribution is 0.0998. The Labute approximate surface area is 180 Å². The Kier molecular flexibility index (Phi) is 5.84. The van der Waals surface area contributed by atoms with E-state index in [2.05, 4.69) is 15.5 Å². The lowest BCUT2D eigenvalue weighted by atomic mass is 9.98. The number of benzene rings is 1. The minimum atomic E-state index is -1.08. The number of nitrogens with zero attached hydrogens (tertiary/aromatic N) is 4. The topological polar surface area (TPSA) is 138 Å². The second kappa shape index (κ2) is 8.22. The van der Waals surface area contributed by atoms with Gasteiger partial charge < -0.3 is 20.0 Å². The van der Waals surface area contributed by atoms with Crippen LogP contribution < -0.4 is 26.1 Å². The molecule has 0 unspecified atom stereocenters. The van der Waals surface area contributed by atoms with Gasteiger partial charge in [0.05, 0.1) is 0 Å². The number of hydrogen-bond donors (Lipinski definition) is 2. The first kappa shape index (κ1) is 22.0. The number of carbonyl (C=O) groups is 1. The van der Waals surface area contributed by atoms with E-state index in [1.807, 2.05) is 20.8 Å². The van der Waals surface area contributed by atoms with Crippen LogP contribution in [-0.2, 0) is 12.5 Å². The standard InChI is InChI=1S/C19H21N5O6S/c1-19(2,3)16-21-22-17(31-16)30-11-8-6-10(7-9-11)20-13(25)12-14(26)23(4)18(28)24(29-5)15(12)27/h6-9,26H,1-5H3,(H,20,25). The van der Waals surface area contributed by atoms with Crippen molar-refractivity contribution in [3.8, 4) is 16.8 Å². The summed E-state index contributed by atoms with van der Waals surface area (Å²) in [5.41, 5.74) is -2.43. The Bertz CT molecular complexity index is 1240. The zero-order chi connectivity index (χ0) is 22.9. The molecule has 0 aliphatic rings. The first-order chi connectivity index (χ1) is 14.5. The Morgan fingerprint density at radius 3 is 2.35 bits per heavy atom. The van der Waals surface area contributed by atoms with Crippen molar-refractivity contribution in [1.82, 2.24) is 19.5 Å². The molecule has 164 valence electrons. The fraction of sp³-hybridized carbons (Fsp3) is 0.316. The fourth-order valence-corrected chi connectivity index (χ4v) is 3.27. The first-order valence-electron chi connectivity index (χ1n) is 9.05. The van der Waals surface area contributed by atoms with E-state index < -0.39 is 28.6 Å². The SMILES string of the molecule is COn1c(=O)c(C(=O)Nc2ccc(Oc3nnc(C(C)(C)C)s3)cc2)c(O)n(C)c1=O. The molecule has 31 heavy (non-hydrogen) atoms. The highest BCUT2D eigenvalue weighted by Gasteiger charge is 2.24. The molecule has 0 saturated heterocycles. The van der Waals surface area contributed by atoms with Crippen molar-refractivity contribution in [2.45, 2.75) is 26.2 Å². The maximum Gasteiger partial charge on any atom is 0.367 e. The second-order valence-electron chi connectivity index (χ2n) is 7.53. The van der Waals surface area contributed by atoms with Gasteiger partial charge in [-0.1, -0.05) is 41.9 Å². The quantitative estimate of drug-likeness (QED) is 0.600. The van der Waals surface area contributed by atoms with Gasteiger partial charge in [0.2, 0.25) is 5.88 Å². The second-order valence-corrected chi connectivity index (χ2v) is 8.47. The summed E-state index contributed by atoms with van der Waals surface area (Å²) < 4.78 is 6.78. The van der Waals surface area contributed by atoms with E-state index in [1.54, 1.807) is 24.3 Å². The van der Waals surface area contributed by atoms with Gasteiger partial charge in [-0.3, -0.25) is 14.2 Å². The number of ether oxygens (including phenoxy) is 1. The average molecular weight is 447 g/mol. The molecule has 2 N–H and O–H groups in total. The Hall–Kier alpha value is -3.67. The molecule has 0 saturated carbocycles. The van der Waals surface area contributed by atoms with Crippen LogP contribution in [-0.4, -0.2) is 37.6 Å². The van der Waals surface area contributed by atoms with E-state index in [4.69, 9.17) is 9.57 Å². The average Bonchev–Trinajstić information content (AvgIpc) is 3.17. The Morgan fingerprint density at radius 1 is 1.16 bits per heavy atom. The van der Waals surface area contributed by atoms with Crippen LogP contribution in [0.5, 0.6) is 16.8 Å². The lowest BCUT2D eigenvalue weighted by Crippen LogP contribution is -2.45. The van der Waals surface area contributed by atoms with Crippen molar-refractivity contribution in [3.05, 3.63) is 55.7 Å². The van der Waals surface area contributed by atoms with Crippen molar-refractivity contribution < 1.29 is 19.5 Å². The van der Waals surface area contributed by atoms with Gasteiger partial charge in [-0.15, -0.1) is 5.10 Å². The molecule has 2 heterocycles. The molecule has 0 aliphatic heterocycles. The Balaban J connectivity index is 1.78. The van der Waals surface area contributed by atoms with Gasteiger partial charge in [-0.05, 0) is 24.3 Å². The summed E-state index contributed by atoms with van der Waals surface area (Å²) in [6.45, 7) is 6.08. The van der Waals surface area contributed by atoms with Crippen molar-refractivity contribution in [2.24, 2.45) is 7.05 Å². The number of aromatic hydroxyl groups is 1. The van der Waals surface area contributed by atoms with E-state index in [0.29, 0.717) is 21.4 Å². The molecular formula is C19H21N5O6S. The minimum Gasteiger partial charge on any atom is -0.494 e. The van der Waals surface area contributed by atoms with E-state index in [-0.39, 0.29) is 5.41 Å². The third-order valence-corrected chi connectivity index (χ3v) is 5.40. The summed E-state index contributed by atoms with van der Waals surface area (Å²) in [6.07, 6.45) is 0. The van der Waals surface area contributed by atoms with Crippen LogP contribution in [0.2, 0.25) is 0 Å². The van der Waals surface area contributed by atoms with Crippen molar-refractivity contribution in [3.63, 3.8) is 0 Å². The zero-order valence-corrected chi connectivity index (χ0v) is 18.3. The molecule has 1 aromatic carbocycles. The van der Waals surface area contributed by atoms with Crippen LogP contribution in [0, 0.1) is 0 Å². The summed E-state index contributed by atoms with van der Waals surface area (Å²) >= 11 is 1.34. The minimum absolute atomic E-state index is 0.138. The third kappa shape index (κ3) is 4.43. The summed E-state index contributed by atoms with van der Waals surface area (Å²) in [6, 6.07) is 6.29. The molecule has 0 aliphatic carbocycles. The number of nitrogens with one attached hydrogen (secondary N) is 1. The normalized spacial score (nSPS) is 11.3. The number of hydrogen-bond acceptors (Lipinski definition) is 9. The summed E-state index contributed by atoms with van der Waals surface area (Å²) in [5, 5.41) is 21.9. The van der Waals surface area contributed by atoms with E-state index >= 15 is 0 Å². The first-order valence-corrected chi connectivity index (χ1v) is 9.87. The third-order valence-electron chi connectivity index (χ3n) is 4.18. The fourth-order valence-electron chi connectivity index (χ4n) is 2.49. The number of rotatable bonds is 5. The van der Waals surface area contributed by atoms with Crippen molar-refractivity contribution in [1.29, 1.82) is 0 Å². The van der Waals surface area contributed by atoms with Gasteiger partial charge in [0.1, 0.15) is 17.9 Å². The molecule has 3 rings (SSSR count). The highest BCUT2D eigenvalue weighted by Crippen LogP contribution is 2.32. The van der Waals surface area contributed by atoms with Gasteiger partial charge in [0, 0.05) is 18.2 Å². The van der Waals surface area contributed by atoms with Crippen LogP contribution in [0.1, 0.15) is 36.1 Å². The molecule has 2 aromatic heterocycles. The van der Waals surface area contributed by atoms with Crippen LogP contribution in [0.25, 0.3) is 0 Å². The van der Waals surface area contributed by atoms with Crippen LogP contribution in [0.4, 0.5) is 5.69 Å². The highest BCUT2D eigenvalue weighted by atomic mass is 32.1. The molecule has 0 radical (unpaired) electrons. The molecule has 3 aromatic rings. The molecule has 12 heteroatoms. The number of carbonyl (C=O) groups excluding carboxylic acids is 1. The predicted molar refractivity (Wildman–Crippen MR) is 113 cm³/mol. The maximum atomic E-state index is 12.6. The van der Waals surface area contributed by atoms with Crippen LogP contribution in [0.15, 0.2) is 33.9 Å². The molecule has 0 spiro atoms. The number of aromatic nitrogens is 4. The monoisotopic (exact) mass is 447 g/mol. The van der Waals surface area contributed by atoms with Crippen LogP contribution >= 0.6 is 11.3 Å². The van der Waals surface area contributed by atoms with Crippen LogP contribution in [0.3, 0.4) is 0 Å². The predicted octanol–water partition coefficient (Wildman–Crippen LogP) is 1.50. The summed E-state index contributed by atoms with van der Waals surface area (Å²) in [5.74, 6) is -1.20. The Morgan fingerprint density at radius 2 is 1.81 bits per heavy atom. The smallest absolute Gasteiger partial charge is 0.367 e. The highest BCUT2D eigenvalue weighted by molar-refractivity contribution is 7.13. The molecule has 0 atom stereocenters. The van der Waals surface area contributed by atoms with Gasteiger partial charge in [0.25, 0.3) is 11.1 Å². The molecule has 11 nitrogen and oxygen atoms in total. The number of anilines is 1. The van der Waals surface area contributed by atoms with Gasteiger partial charge in [0.15, 0.2) is 5.56 Å². The van der Waals surface area contributed by atoms with Crippen molar-refractivity contribution in [2.75, 3.05) is 12.4 Å². The van der Waals surface area contributed by atoms with Crippen molar-refractivity contribution >= 4 is 22.9 Å². The van der Waals surface area contributed by atoms with E-state index in [9.17, 15) is 19.5 Å². The van der Waals surface area contributed by atoms with E-state index in [1.165, 1.54) is 18.4 Å². The van der Waals surface area contributed by atoms with Gasteiger partial charge in [-0.25, -0.2) is 4.79 Å². The van der Waals surface area contributed by atoms with E-state index in [0.717, 1.165) is 16.7 Å². The summed E-state index contributed by atoms with van der Waals surface area (Å²) in [4.78, 5) is 41.5. The molecular weight excluding hydrogens is 426 g/mol. The summed E-state index contributed by atoms with van der Waals surface area (Å²) in [7, 11) is 2.30. The van der Waals surface area contributed by atoms with Gasteiger partial charge >= 0.3 is 11.2 Å². The maximum absolute atomic E-state index is 12.6. The molecule has 0 bridgehead atoms.